The van der Waals surface area contributed by atoms with Crippen LogP contribution in [-0.4, -0.2) is 17.4 Å². The molecule has 2 nitrogen and oxygen atoms in total. The minimum absolute atomic E-state index is 0.0704. The van der Waals surface area contributed by atoms with Crippen molar-refractivity contribution in [1.82, 2.24) is 0 Å². The van der Waals surface area contributed by atoms with Crippen LogP contribution in [0.3, 0.4) is 0 Å². The molecular formula is C13H17NOS. The Labute approximate surface area is 101 Å². The fourth-order valence-electron chi connectivity index (χ4n) is 1.49. The van der Waals surface area contributed by atoms with Gasteiger partial charge in [0.2, 0.25) is 5.23 Å². The Bertz CT molecular complexity index is 377. The average molecular weight is 235 g/mol. The zero-order chi connectivity index (χ0) is 11.4. The first kappa shape index (κ1) is 11.5. The molecule has 0 aliphatic carbocycles. The Morgan fingerprint density at radius 1 is 1.38 bits per heavy atom. The summed E-state index contributed by atoms with van der Waals surface area (Å²) < 4.78 is 5.83. The zero-order valence-corrected chi connectivity index (χ0v) is 10.6. The molecule has 0 spiro atoms. The summed E-state index contributed by atoms with van der Waals surface area (Å²) in [6, 6.07) is 10.4. The molecule has 0 unspecified atom stereocenters. The van der Waals surface area contributed by atoms with Gasteiger partial charge >= 0.3 is 0 Å². The van der Waals surface area contributed by atoms with Crippen molar-refractivity contribution in [1.29, 1.82) is 0 Å². The van der Waals surface area contributed by atoms with Gasteiger partial charge in [-0.3, -0.25) is 0 Å². The van der Waals surface area contributed by atoms with Crippen LogP contribution in [0.1, 0.15) is 25.8 Å². The van der Waals surface area contributed by atoms with E-state index in [0.29, 0.717) is 0 Å². The second-order valence-corrected chi connectivity index (χ2v) is 5.19. The van der Waals surface area contributed by atoms with Gasteiger partial charge in [-0.25, -0.2) is 4.99 Å². The van der Waals surface area contributed by atoms with Crippen LogP contribution >= 0.6 is 11.8 Å². The zero-order valence-electron chi connectivity index (χ0n) is 9.77. The molecule has 3 heteroatoms. The number of rotatable bonds is 3. The lowest BCUT2D eigenvalue weighted by Gasteiger charge is -2.20. The quantitative estimate of drug-likeness (QED) is 0.800. The van der Waals surface area contributed by atoms with Gasteiger partial charge in [-0.05, 0) is 18.9 Å². The Balaban J connectivity index is 1.85. The summed E-state index contributed by atoms with van der Waals surface area (Å²) in [5.74, 6) is 0.930. The van der Waals surface area contributed by atoms with Gasteiger partial charge in [0.05, 0.1) is 6.54 Å². The van der Waals surface area contributed by atoms with E-state index < -0.39 is 0 Å². The highest BCUT2D eigenvalue weighted by molar-refractivity contribution is 8.12. The molecule has 1 aromatic carbocycles. The lowest BCUT2D eigenvalue weighted by Crippen LogP contribution is -2.27. The number of aliphatic imine (C=N–C) groups is 1. The van der Waals surface area contributed by atoms with E-state index in [1.165, 1.54) is 5.56 Å². The van der Waals surface area contributed by atoms with Crippen molar-refractivity contribution in [2.45, 2.75) is 31.6 Å². The van der Waals surface area contributed by atoms with Crippen molar-refractivity contribution in [2.75, 3.05) is 6.54 Å². The van der Waals surface area contributed by atoms with Crippen LogP contribution in [0.4, 0.5) is 0 Å². The lowest BCUT2D eigenvalue weighted by molar-refractivity contribution is 0.109. The van der Waals surface area contributed by atoms with E-state index >= 15 is 0 Å². The minimum Gasteiger partial charge on any atom is -0.465 e. The highest BCUT2D eigenvalue weighted by Gasteiger charge is 2.30. The third-order valence-corrected chi connectivity index (χ3v) is 3.77. The average Bonchev–Trinajstić information content (AvgIpc) is 2.71. The van der Waals surface area contributed by atoms with Gasteiger partial charge in [0.25, 0.3) is 0 Å². The van der Waals surface area contributed by atoms with Gasteiger partial charge in [-0.15, -0.1) is 0 Å². The summed E-state index contributed by atoms with van der Waals surface area (Å²) in [5, 5.41) is 0.841. The van der Waals surface area contributed by atoms with Gasteiger partial charge in [-0.2, -0.15) is 0 Å². The number of ether oxygens (including phenoxy) is 1. The van der Waals surface area contributed by atoms with E-state index in [9.17, 15) is 0 Å². The highest BCUT2D eigenvalue weighted by Crippen LogP contribution is 2.27. The number of hydrogen-bond acceptors (Lipinski definition) is 3. The summed E-state index contributed by atoms with van der Waals surface area (Å²) in [7, 11) is 0. The number of benzene rings is 1. The molecule has 0 bridgehead atoms. The molecule has 86 valence electrons. The Morgan fingerprint density at radius 3 is 2.75 bits per heavy atom. The molecule has 2 rings (SSSR count). The molecule has 1 atom stereocenters. The van der Waals surface area contributed by atoms with E-state index in [4.69, 9.17) is 4.74 Å². The normalized spacial score (nSPS) is 24.0. The summed E-state index contributed by atoms with van der Waals surface area (Å²) >= 11 is 1.68. The van der Waals surface area contributed by atoms with Crippen molar-refractivity contribution in [3.63, 3.8) is 0 Å². The second-order valence-electron chi connectivity index (χ2n) is 4.26. The van der Waals surface area contributed by atoms with Gasteiger partial charge < -0.3 is 4.74 Å². The fraction of sp³-hybridized carbons (Fsp3) is 0.462. The summed E-state index contributed by atoms with van der Waals surface area (Å²) in [6.07, 6.45) is 1.01. The van der Waals surface area contributed by atoms with E-state index in [0.717, 1.165) is 23.9 Å². The largest absolute Gasteiger partial charge is 0.465 e. The summed E-state index contributed by atoms with van der Waals surface area (Å²) in [6.45, 7) is 5.05. The van der Waals surface area contributed by atoms with Crippen LogP contribution < -0.4 is 0 Å². The van der Waals surface area contributed by atoms with Gasteiger partial charge in [0, 0.05) is 5.75 Å². The lowest BCUT2D eigenvalue weighted by atomic mass is 10.1. The molecule has 1 aliphatic rings. The van der Waals surface area contributed by atoms with Crippen molar-refractivity contribution < 1.29 is 4.74 Å². The first-order chi connectivity index (χ1) is 7.72. The predicted molar refractivity (Wildman–Crippen MR) is 69.8 cm³/mol. The molecule has 0 aromatic heterocycles. The maximum atomic E-state index is 5.83. The molecule has 0 N–H and O–H groups in total. The fourth-order valence-corrected chi connectivity index (χ4v) is 2.38. The highest BCUT2D eigenvalue weighted by atomic mass is 32.2. The van der Waals surface area contributed by atoms with Gasteiger partial charge in [0.15, 0.2) is 0 Å². The number of nitrogens with zero attached hydrogens (tertiary/aromatic N) is 1. The van der Waals surface area contributed by atoms with Crippen LogP contribution in [0.15, 0.2) is 35.3 Å². The molecular weight excluding hydrogens is 218 g/mol. The van der Waals surface area contributed by atoms with E-state index in [1.807, 2.05) is 6.07 Å². The smallest absolute Gasteiger partial charge is 0.246 e. The third kappa shape index (κ3) is 2.79. The van der Waals surface area contributed by atoms with E-state index in [-0.39, 0.29) is 5.60 Å². The molecule has 16 heavy (non-hydrogen) atoms. The Morgan fingerprint density at radius 2 is 2.12 bits per heavy atom. The molecule has 1 heterocycles. The molecule has 1 aromatic rings. The SMILES string of the molecule is CC[C@@]1(C)CN=C(SCc2ccccc2)O1. The summed E-state index contributed by atoms with van der Waals surface area (Å²) in [5.41, 5.74) is 1.24. The van der Waals surface area contributed by atoms with Crippen molar-refractivity contribution in [3.8, 4) is 0 Å². The molecule has 1 aliphatic heterocycles. The maximum Gasteiger partial charge on any atom is 0.246 e. The summed E-state index contributed by atoms with van der Waals surface area (Å²) in [4.78, 5) is 4.43. The van der Waals surface area contributed by atoms with Crippen molar-refractivity contribution >= 4 is 17.0 Å². The first-order valence-corrected chi connectivity index (χ1v) is 6.60. The molecule has 0 amide bonds. The number of hydrogen-bond donors (Lipinski definition) is 0. The topological polar surface area (TPSA) is 21.6 Å². The minimum atomic E-state index is -0.0704. The van der Waals surface area contributed by atoms with Crippen molar-refractivity contribution in [3.05, 3.63) is 35.9 Å². The van der Waals surface area contributed by atoms with E-state index in [1.54, 1.807) is 11.8 Å². The second kappa shape index (κ2) is 4.91. The van der Waals surface area contributed by atoms with Crippen LogP contribution in [0, 0.1) is 0 Å². The Hall–Kier alpha value is -0.960. The van der Waals surface area contributed by atoms with Crippen molar-refractivity contribution in [2.24, 2.45) is 4.99 Å². The van der Waals surface area contributed by atoms with E-state index in [2.05, 4.69) is 43.1 Å². The molecule has 0 saturated heterocycles. The monoisotopic (exact) mass is 235 g/mol. The van der Waals surface area contributed by atoms with Gasteiger partial charge in [-0.1, -0.05) is 49.0 Å². The van der Waals surface area contributed by atoms with Gasteiger partial charge in [0.1, 0.15) is 5.60 Å². The maximum absolute atomic E-state index is 5.83. The molecule has 0 radical (unpaired) electrons. The van der Waals surface area contributed by atoms with Crippen LogP contribution in [0.5, 0.6) is 0 Å². The first-order valence-electron chi connectivity index (χ1n) is 5.62. The van der Waals surface area contributed by atoms with Crippen LogP contribution in [0.25, 0.3) is 0 Å². The number of thioether (sulfide) groups is 1. The predicted octanol–water partition coefficient (Wildman–Crippen LogP) is 3.47. The molecule has 0 fully saturated rings. The third-order valence-electron chi connectivity index (χ3n) is 2.83. The standard InChI is InChI=1S/C13H17NOS/c1-3-13(2)10-14-12(15-13)16-9-11-7-5-4-6-8-11/h4-8H,3,9-10H2,1-2H3/t13-/m0/s1. The van der Waals surface area contributed by atoms with Crippen LogP contribution in [0.2, 0.25) is 0 Å². The molecule has 0 saturated carbocycles. The van der Waals surface area contributed by atoms with Crippen LogP contribution in [-0.2, 0) is 10.5 Å². The Kier molecular flexibility index (Phi) is 3.54.